The van der Waals surface area contributed by atoms with Gasteiger partial charge in [0.05, 0.1) is 4.92 Å². The Morgan fingerprint density at radius 2 is 1.96 bits per heavy atom. The second kappa shape index (κ2) is 7.40. The molecule has 1 N–H and O–H groups in total. The maximum atomic E-state index is 11.6. The minimum atomic E-state index is -1.58. The van der Waals surface area contributed by atoms with E-state index in [2.05, 4.69) is 4.98 Å². The lowest BCUT2D eigenvalue weighted by molar-refractivity contribution is -0.423. The van der Waals surface area contributed by atoms with Crippen molar-refractivity contribution in [1.82, 2.24) is 9.88 Å². The number of benzene rings is 1. The van der Waals surface area contributed by atoms with Crippen LogP contribution in [0, 0.1) is 10.1 Å². The maximum absolute atomic E-state index is 11.6. The summed E-state index contributed by atoms with van der Waals surface area (Å²) in [5.41, 5.74) is 0.614. The smallest absolute Gasteiger partial charge is 0.411 e. The molecule has 2 aromatic rings. The number of carboxylic acids is 1. The van der Waals surface area contributed by atoms with Crippen LogP contribution in [0.1, 0.15) is 5.56 Å². The van der Waals surface area contributed by atoms with Crippen LogP contribution in [-0.4, -0.2) is 39.0 Å². The molecule has 134 valence electrons. The highest BCUT2D eigenvalue weighted by Gasteiger charge is 2.38. The van der Waals surface area contributed by atoms with Gasteiger partial charge >= 0.3 is 11.7 Å². The number of aromatic nitrogens is 1. The molecule has 0 aliphatic carbocycles. The van der Waals surface area contributed by atoms with Crippen LogP contribution in [0.2, 0.25) is 5.15 Å². The van der Waals surface area contributed by atoms with E-state index in [9.17, 15) is 20.0 Å². The van der Waals surface area contributed by atoms with Crippen molar-refractivity contribution in [3.63, 3.8) is 0 Å². The van der Waals surface area contributed by atoms with Crippen LogP contribution in [0.5, 0.6) is 0 Å². The van der Waals surface area contributed by atoms with Crippen molar-refractivity contribution in [1.29, 1.82) is 0 Å². The van der Waals surface area contributed by atoms with E-state index in [1.165, 1.54) is 0 Å². The Hall–Kier alpha value is -3.13. The summed E-state index contributed by atoms with van der Waals surface area (Å²) in [7, 11) is 0. The van der Waals surface area contributed by atoms with Crippen LogP contribution >= 0.6 is 11.6 Å². The number of carboxylic acid groups (broad SMARTS) is 1. The van der Waals surface area contributed by atoms with Crippen LogP contribution in [0.4, 0.5) is 5.69 Å². The third kappa shape index (κ3) is 3.60. The molecule has 0 atom stereocenters. The summed E-state index contributed by atoms with van der Waals surface area (Å²) in [6, 6.07) is 12.4. The van der Waals surface area contributed by atoms with Crippen LogP contribution in [0.25, 0.3) is 0 Å². The molecule has 1 fully saturated rings. The number of carbonyl (C=O) groups is 1. The summed E-state index contributed by atoms with van der Waals surface area (Å²) in [5.74, 6) is -1.52. The van der Waals surface area contributed by atoms with E-state index in [1.54, 1.807) is 52.4 Å². The molecule has 1 aromatic heterocycles. The van der Waals surface area contributed by atoms with E-state index >= 15 is 0 Å². The molecule has 1 aliphatic rings. The fourth-order valence-electron chi connectivity index (χ4n) is 2.87. The van der Waals surface area contributed by atoms with Gasteiger partial charge in [-0.1, -0.05) is 35.9 Å². The average Bonchev–Trinajstić information content (AvgIpc) is 3.00. The van der Waals surface area contributed by atoms with Gasteiger partial charge in [0.2, 0.25) is 0 Å². The highest BCUT2D eigenvalue weighted by Crippen LogP contribution is 2.30. The molecule has 0 unspecified atom stereocenters. The predicted octanol–water partition coefficient (Wildman–Crippen LogP) is 2.59. The first-order valence-electron chi connectivity index (χ1n) is 7.77. The zero-order valence-corrected chi connectivity index (χ0v) is 14.3. The van der Waals surface area contributed by atoms with E-state index in [0.29, 0.717) is 23.9 Å². The number of rotatable bonds is 5. The topological polar surface area (TPSA) is 99.8 Å². The number of para-hydroxylation sites is 1. The number of pyridine rings is 1. The van der Waals surface area contributed by atoms with Crippen LogP contribution in [0.3, 0.4) is 0 Å². The largest absolute Gasteiger partial charge is 0.473 e. The minimum absolute atomic E-state index is 0.0589. The lowest BCUT2D eigenvalue weighted by atomic mass is 10.2. The quantitative estimate of drug-likeness (QED) is 0.371. The summed E-state index contributed by atoms with van der Waals surface area (Å²) >= 11 is 5.78. The zero-order chi connectivity index (χ0) is 18.7. The first-order chi connectivity index (χ1) is 12.5. The molecule has 0 spiro atoms. The van der Waals surface area contributed by atoms with Gasteiger partial charge in [-0.2, -0.15) is 0 Å². The number of hydrogen-bond donors (Lipinski definition) is 1. The van der Waals surface area contributed by atoms with Crippen molar-refractivity contribution in [3.8, 4) is 0 Å². The number of aliphatic carboxylic acids is 1. The number of hydrogen-bond acceptors (Lipinski definition) is 6. The maximum Gasteiger partial charge on any atom is 0.411 e. The van der Waals surface area contributed by atoms with Crippen molar-refractivity contribution >= 4 is 23.3 Å². The Morgan fingerprint density at radius 3 is 2.54 bits per heavy atom. The average molecular weight is 375 g/mol. The number of halogens is 1. The third-order valence-corrected chi connectivity index (χ3v) is 4.20. The molecule has 1 aliphatic heterocycles. The van der Waals surface area contributed by atoms with E-state index in [4.69, 9.17) is 11.6 Å². The van der Waals surface area contributed by atoms with Gasteiger partial charge in [0.15, 0.2) is 5.82 Å². The Bertz CT molecular complexity index is 839. The van der Waals surface area contributed by atoms with Gasteiger partial charge in [0, 0.05) is 31.5 Å². The zero-order valence-electron chi connectivity index (χ0n) is 13.6. The first kappa shape index (κ1) is 17.7. The van der Waals surface area contributed by atoms with Crippen LogP contribution < -0.4 is 4.90 Å². The fraction of sp³-hybridized carbons (Fsp3) is 0.176. The molecule has 0 amide bonds. The lowest BCUT2D eigenvalue weighted by Gasteiger charge is -2.24. The summed E-state index contributed by atoms with van der Waals surface area (Å²) in [5, 5.41) is 21.2. The Balaban J connectivity index is 2.03. The van der Waals surface area contributed by atoms with Crippen molar-refractivity contribution in [2.45, 2.75) is 6.54 Å². The summed E-state index contributed by atoms with van der Waals surface area (Å²) in [6.07, 6.45) is 1.57. The molecule has 9 heteroatoms. The fourth-order valence-corrected chi connectivity index (χ4v) is 2.98. The standard InChI is InChI=1S/C17H15ClN4O4/c18-14-7-6-12(10-19-14)11-20-8-9-21(13-4-2-1-3-5-13)16(20)15(17(23)24)22(25)26/h1-7,10H,8-9,11H2,(H,23,24). The molecule has 0 bridgehead atoms. The Morgan fingerprint density at radius 1 is 1.23 bits per heavy atom. The SMILES string of the molecule is O=C(O)C(=C1N(Cc2ccc(Cl)nc2)CCN1c1ccccc1)[N+](=O)[O-]. The van der Waals surface area contributed by atoms with Crippen LogP contribution in [0.15, 0.2) is 60.2 Å². The predicted molar refractivity (Wildman–Crippen MR) is 95.1 cm³/mol. The van der Waals surface area contributed by atoms with Crippen molar-refractivity contribution in [2.24, 2.45) is 0 Å². The molecule has 0 saturated carbocycles. The van der Waals surface area contributed by atoms with Gasteiger partial charge in [-0.15, -0.1) is 0 Å². The lowest BCUT2D eigenvalue weighted by Crippen LogP contribution is -2.29. The van der Waals surface area contributed by atoms with E-state index < -0.39 is 16.6 Å². The number of nitro groups is 1. The minimum Gasteiger partial charge on any atom is -0.473 e. The van der Waals surface area contributed by atoms with Gasteiger partial charge in [-0.3, -0.25) is 10.1 Å². The van der Waals surface area contributed by atoms with E-state index in [1.807, 2.05) is 6.07 Å². The normalized spacial score (nSPS) is 15.9. The summed E-state index contributed by atoms with van der Waals surface area (Å²) in [6.45, 7) is 1.16. The van der Waals surface area contributed by atoms with Gasteiger partial charge in [-0.25, -0.2) is 9.78 Å². The summed E-state index contributed by atoms with van der Waals surface area (Å²) in [4.78, 5) is 29.5. The van der Waals surface area contributed by atoms with Gasteiger partial charge in [0.25, 0.3) is 0 Å². The van der Waals surface area contributed by atoms with Crippen molar-refractivity contribution in [2.75, 3.05) is 18.0 Å². The second-order valence-electron chi connectivity index (χ2n) is 5.63. The van der Waals surface area contributed by atoms with Crippen molar-refractivity contribution < 1.29 is 14.8 Å². The molecule has 0 radical (unpaired) electrons. The molecular weight excluding hydrogens is 360 g/mol. The van der Waals surface area contributed by atoms with Gasteiger partial charge in [0.1, 0.15) is 5.15 Å². The van der Waals surface area contributed by atoms with Crippen LogP contribution in [-0.2, 0) is 11.3 Å². The van der Waals surface area contributed by atoms with E-state index in [0.717, 1.165) is 5.56 Å². The molecule has 3 rings (SSSR count). The molecule has 1 saturated heterocycles. The number of anilines is 1. The molecular formula is C17H15ClN4O4. The van der Waals surface area contributed by atoms with E-state index in [-0.39, 0.29) is 12.4 Å². The highest BCUT2D eigenvalue weighted by molar-refractivity contribution is 6.29. The first-order valence-corrected chi connectivity index (χ1v) is 8.15. The molecule has 8 nitrogen and oxygen atoms in total. The molecule has 26 heavy (non-hydrogen) atoms. The molecule has 1 aromatic carbocycles. The van der Waals surface area contributed by atoms with Gasteiger partial charge in [-0.05, 0) is 23.8 Å². The number of nitrogens with zero attached hydrogens (tertiary/aromatic N) is 4. The summed E-state index contributed by atoms with van der Waals surface area (Å²) < 4.78 is 0. The third-order valence-electron chi connectivity index (χ3n) is 3.98. The monoisotopic (exact) mass is 374 g/mol. The highest BCUT2D eigenvalue weighted by atomic mass is 35.5. The second-order valence-corrected chi connectivity index (χ2v) is 6.02. The Labute approximate surface area is 154 Å². The van der Waals surface area contributed by atoms with Crippen molar-refractivity contribution in [3.05, 3.63) is 81.0 Å². The Kier molecular flexibility index (Phi) is 5.04. The van der Waals surface area contributed by atoms with Gasteiger partial charge < -0.3 is 14.9 Å². The molecule has 2 heterocycles.